The number of rotatable bonds is 32. The third-order valence-electron chi connectivity index (χ3n) is 13.4. The van der Waals surface area contributed by atoms with Crippen LogP contribution in [0.3, 0.4) is 0 Å². The number of carbonyl (C=O) groups is 7. The Hall–Kier alpha value is -5.65. The van der Waals surface area contributed by atoms with Crippen molar-refractivity contribution in [1.29, 1.82) is 0 Å². The fraction of sp³-hybridized carbons (Fsp3) is 0.648. The molecule has 0 saturated heterocycles. The maximum absolute atomic E-state index is 14.5. The topological polar surface area (TPSA) is 225 Å². The number of nitrogens with two attached hydrogens (primary N) is 1. The van der Waals surface area contributed by atoms with E-state index in [1.165, 1.54) is 18.4 Å². The third-order valence-corrected chi connectivity index (χ3v) is 13.4. The van der Waals surface area contributed by atoms with Gasteiger partial charge >= 0.3 is 12.1 Å². The molecule has 402 valence electrons. The number of amides is 6. The van der Waals surface area contributed by atoms with E-state index in [0.29, 0.717) is 25.0 Å². The van der Waals surface area contributed by atoms with Gasteiger partial charge in [-0.2, -0.15) is 0 Å². The second-order valence-electron chi connectivity index (χ2n) is 19.8. The summed E-state index contributed by atoms with van der Waals surface area (Å²) in [4.78, 5) is 96.0. The quantitative estimate of drug-likeness (QED) is 0.0358. The monoisotopic (exact) mass is 1010 g/mol. The second kappa shape index (κ2) is 31.7. The molecule has 7 atom stereocenters. The van der Waals surface area contributed by atoms with Gasteiger partial charge in [0.25, 0.3) is 0 Å². The van der Waals surface area contributed by atoms with Gasteiger partial charge in [0.05, 0.1) is 31.1 Å². The van der Waals surface area contributed by atoms with Crippen LogP contribution < -0.4 is 27.0 Å². The van der Waals surface area contributed by atoms with Crippen molar-refractivity contribution in [1.82, 2.24) is 26.2 Å². The van der Waals surface area contributed by atoms with Gasteiger partial charge in [-0.1, -0.05) is 140 Å². The molecule has 1 aliphatic carbocycles. The Labute approximate surface area is 425 Å². The van der Waals surface area contributed by atoms with Crippen molar-refractivity contribution in [2.75, 3.05) is 20.1 Å². The summed E-state index contributed by atoms with van der Waals surface area (Å²) in [6.07, 6.45) is 4.94. The van der Waals surface area contributed by atoms with Crippen molar-refractivity contribution in [3.63, 3.8) is 0 Å². The van der Waals surface area contributed by atoms with Crippen LogP contribution in [-0.2, 0) is 56.2 Å². The number of carbonyl (C=O) groups excluding carboxylic acids is 7. The Kier molecular flexibility index (Phi) is 26.7. The summed E-state index contributed by atoms with van der Waals surface area (Å²) in [7, 11) is 1.45. The van der Waals surface area contributed by atoms with Crippen LogP contribution in [0.25, 0.3) is 0 Å². The lowest BCUT2D eigenvalue weighted by Gasteiger charge is -2.37. The van der Waals surface area contributed by atoms with E-state index >= 15 is 0 Å². The molecule has 0 heterocycles. The smallest absolute Gasteiger partial charge is 0.407 e. The van der Waals surface area contributed by atoms with Gasteiger partial charge in [-0.25, -0.2) is 13.6 Å². The molecule has 6 amide bonds. The van der Waals surface area contributed by atoms with E-state index in [4.69, 9.17) is 19.9 Å². The van der Waals surface area contributed by atoms with E-state index in [1.807, 2.05) is 44.2 Å². The zero-order valence-electron chi connectivity index (χ0n) is 43.6. The first-order valence-electron chi connectivity index (χ1n) is 25.8. The number of alkyl halides is 2. The number of benzene rings is 2. The van der Waals surface area contributed by atoms with Gasteiger partial charge in [0.15, 0.2) is 0 Å². The number of alkyl carbamates (subject to hydrolysis) is 1. The first-order chi connectivity index (χ1) is 34.2. The number of ether oxygens (including phenoxy) is 3. The summed E-state index contributed by atoms with van der Waals surface area (Å²) in [5.74, 6) is -9.76. The fourth-order valence-corrected chi connectivity index (χ4v) is 8.59. The SMILES string of the molecule is CCCCCCCCCC[C@@H](OC(=O)CNC(=O)[C@@H](C)[C@H](C)OCc1ccccc1)[C@@H](C)C(=O)N(C)[C@@H](CC(C)C)C(=O)NC(C(=O)N[C@@H](CNC(=O)OCc1ccccc1)C(N)=O)C1CCC(F)(F)CC1. The maximum atomic E-state index is 14.5. The summed E-state index contributed by atoms with van der Waals surface area (Å²) in [6.45, 7) is 10.3. The molecule has 1 aliphatic rings. The summed E-state index contributed by atoms with van der Waals surface area (Å²) >= 11 is 0. The summed E-state index contributed by atoms with van der Waals surface area (Å²) in [5.41, 5.74) is 7.29. The van der Waals surface area contributed by atoms with Crippen LogP contribution >= 0.6 is 0 Å². The van der Waals surface area contributed by atoms with Gasteiger partial charge in [-0.15, -0.1) is 0 Å². The average molecular weight is 1010 g/mol. The standard InChI is InChI=1S/C54H82F2N6O10/c1-8-9-10-11-12-13-14-21-26-45(72-46(63)33-58-49(65)37(4)39(6)70-34-40-22-17-15-18-23-40)38(5)52(68)62(7)44(31-36(2)3)50(66)61-47(42-27-29-54(55,56)30-28-42)51(67)60-43(48(57)64)32-59-53(69)71-35-41-24-19-16-20-25-41/h15-20,22-25,36-39,42-45,47H,8-14,21,26-35H2,1-7H3,(H2,57,64)(H,58,65)(H,59,69)(H,60,67)(H,61,66)/t37-,38+,39-,43-,44-,45+,47?/m0/s1. The number of hydrogen-bond acceptors (Lipinski definition) is 10. The minimum atomic E-state index is -2.97. The van der Waals surface area contributed by atoms with Crippen LogP contribution in [0.2, 0.25) is 0 Å². The van der Waals surface area contributed by atoms with Crippen molar-refractivity contribution in [3.8, 4) is 0 Å². The first-order valence-corrected chi connectivity index (χ1v) is 25.8. The van der Waals surface area contributed by atoms with E-state index in [1.54, 1.807) is 51.1 Å². The third kappa shape index (κ3) is 22.0. The zero-order valence-corrected chi connectivity index (χ0v) is 43.6. The average Bonchev–Trinajstić information content (AvgIpc) is 3.36. The molecule has 0 bridgehead atoms. The Morgan fingerprint density at radius 1 is 0.736 bits per heavy atom. The molecule has 1 fully saturated rings. The van der Waals surface area contributed by atoms with E-state index in [2.05, 4.69) is 28.2 Å². The summed E-state index contributed by atoms with van der Waals surface area (Å²) < 4.78 is 46.0. The second-order valence-corrected chi connectivity index (χ2v) is 19.8. The maximum Gasteiger partial charge on any atom is 0.407 e. The molecule has 72 heavy (non-hydrogen) atoms. The molecule has 6 N–H and O–H groups in total. The molecule has 3 rings (SSSR count). The molecule has 1 unspecified atom stereocenters. The molecule has 18 heteroatoms. The van der Waals surface area contributed by atoms with Crippen LogP contribution in [0.15, 0.2) is 60.7 Å². The molecule has 1 saturated carbocycles. The molecule has 2 aromatic rings. The van der Waals surface area contributed by atoms with E-state index in [9.17, 15) is 42.3 Å². The number of esters is 1. The molecule has 0 aliphatic heterocycles. The summed E-state index contributed by atoms with van der Waals surface area (Å²) in [6, 6.07) is 14.3. The highest BCUT2D eigenvalue weighted by Gasteiger charge is 2.43. The number of unbranched alkanes of at least 4 members (excludes halogenated alkanes) is 7. The Balaban J connectivity index is 1.76. The number of primary amides is 1. The van der Waals surface area contributed by atoms with Gasteiger partial charge in [0.2, 0.25) is 35.5 Å². The minimum absolute atomic E-state index is 0.0650. The van der Waals surface area contributed by atoms with Crippen molar-refractivity contribution < 1.29 is 56.6 Å². The van der Waals surface area contributed by atoms with Crippen LogP contribution in [0.4, 0.5) is 13.6 Å². The number of halogens is 2. The van der Waals surface area contributed by atoms with Gasteiger partial charge in [0.1, 0.15) is 37.4 Å². The zero-order chi connectivity index (χ0) is 53.2. The lowest BCUT2D eigenvalue weighted by molar-refractivity contribution is -0.158. The Morgan fingerprint density at radius 2 is 1.31 bits per heavy atom. The van der Waals surface area contributed by atoms with Crippen LogP contribution in [0.5, 0.6) is 0 Å². The van der Waals surface area contributed by atoms with Crippen LogP contribution in [0.1, 0.15) is 143 Å². The van der Waals surface area contributed by atoms with Gasteiger partial charge in [0, 0.05) is 19.9 Å². The van der Waals surface area contributed by atoms with Crippen LogP contribution in [-0.4, -0.2) is 103 Å². The molecule has 2 aromatic carbocycles. The first kappa shape index (κ1) is 60.7. The number of hydrogen-bond donors (Lipinski definition) is 5. The fourth-order valence-electron chi connectivity index (χ4n) is 8.59. The Morgan fingerprint density at radius 3 is 1.88 bits per heavy atom. The molecular weight excluding hydrogens is 931 g/mol. The lowest BCUT2D eigenvalue weighted by atomic mass is 9.81. The summed E-state index contributed by atoms with van der Waals surface area (Å²) in [5, 5.41) is 10.3. The van der Waals surface area contributed by atoms with Crippen molar-refractivity contribution in [2.45, 2.75) is 181 Å². The van der Waals surface area contributed by atoms with Gasteiger partial charge < -0.3 is 46.1 Å². The minimum Gasteiger partial charge on any atom is -0.460 e. The lowest BCUT2D eigenvalue weighted by Crippen LogP contribution is -2.61. The molecular formula is C54H82F2N6O10. The van der Waals surface area contributed by atoms with Crippen LogP contribution in [0, 0.1) is 23.7 Å². The molecule has 0 radical (unpaired) electrons. The van der Waals surface area contributed by atoms with Gasteiger partial charge in [-0.05, 0) is 62.0 Å². The van der Waals surface area contributed by atoms with E-state index < -0.39 is 122 Å². The normalized spacial score (nSPS) is 16.4. The van der Waals surface area contributed by atoms with E-state index in [0.717, 1.165) is 44.1 Å². The highest BCUT2D eigenvalue weighted by Crippen LogP contribution is 2.38. The van der Waals surface area contributed by atoms with Crippen molar-refractivity contribution in [2.24, 2.45) is 29.4 Å². The highest BCUT2D eigenvalue weighted by atomic mass is 19.3. The number of nitrogens with one attached hydrogen (secondary N) is 4. The molecule has 0 aromatic heterocycles. The number of likely N-dealkylation sites (N-methyl/N-ethyl adjacent to an activating group) is 1. The number of nitrogens with zero attached hydrogens (tertiary/aromatic N) is 1. The predicted molar refractivity (Wildman–Crippen MR) is 270 cm³/mol. The van der Waals surface area contributed by atoms with E-state index in [-0.39, 0.29) is 31.8 Å². The predicted octanol–water partition coefficient (Wildman–Crippen LogP) is 7.50. The molecule has 16 nitrogen and oxygen atoms in total. The van der Waals surface area contributed by atoms with Gasteiger partial charge in [-0.3, -0.25) is 28.8 Å². The molecule has 0 spiro atoms. The van der Waals surface area contributed by atoms with Crippen molar-refractivity contribution in [3.05, 3.63) is 71.8 Å². The Bertz CT molecular complexity index is 1990. The highest BCUT2D eigenvalue weighted by molar-refractivity contribution is 5.94. The van der Waals surface area contributed by atoms with Crippen molar-refractivity contribution >= 4 is 41.6 Å². The largest absolute Gasteiger partial charge is 0.460 e.